The zero-order valence-electron chi connectivity index (χ0n) is 10.4. The highest BCUT2D eigenvalue weighted by Gasteiger charge is 2.10. The van der Waals surface area contributed by atoms with Gasteiger partial charge in [-0.05, 0) is 41.3 Å². The Morgan fingerprint density at radius 1 is 1.50 bits per heavy atom. The third-order valence-electron chi connectivity index (χ3n) is 2.44. The first-order valence-electron chi connectivity index (χ1n) is 5.83. The number of rotatable bonds is 7. The second-order valence-electron chi connectivity index (χ2n) is 3.90. The molecule has 0 aliphatic carbocycles. The van der Waals surface area contributed by atoms with Gasteiger partial charge in [-0.3, -0.25) is 4.79 Å². The lowest BCUT2D eigenvalue weighted by Gasteiger charge is -2.07. The van der Waals surface area contributed by atoms with Crippen LogP contribution in [0.1, 0.15) is 29.6 Å². The van der Waals surface area contributed by atoms with Crippen LogP contribution >= 0.6 is 15.9 Å². The fourth-order valence-corrected chi connectivity index (χ4v) is 1.81. The highest BCUT2D eigenvalue weighted by atomic mass is 79.9. The number of nitrogen functional groups attached to an aromatic ring is 1. The van der Waals surface area contributed by atoms with Gasteiger partial charge in [-0.1, -0.05) is 0 Å². The molecule has 1 aromatic heterocycles. The number of nitrogens with zero attached hydrogens (tertiary/aromatic N) is 1. The number of halogens is 1. The molecule has 1 aromatic rings. The summed E-state index contributed by atoms with van der Waals surface area (Å²) in [6.45, 7) is 1.39. The van der Waals surface area contributed by atoms with Crippen LogP contribution in [-0.4, -0.2) is 31.2 Å². The largest absolute Gasteiger partial charge is 0.385 e. The van der Waals surface area contributed by atoms with Crippen LogP contribution in [0.4, 0.5) is 5.82 Å². The summed E-state index contributed by atoms with van der Waals surface area (Å²) in [5.74, 6) is 0.0584. The lowest BCUT2D eigenvalue weighted by molar-refractivity contribution is 0.0953. The molecule has 18 heavy (non-hydrogen) atoms. The average Bonchev–Trinajstić information content (AvgIpc) is 2.36. The molecule has 0 aromatic carbocycles. The van der Waals surface area contributed by atoms with Gasteiger partial charge in [0.05, 0.1) is 5.56 Å². The minimum absolute atomic E-state index is 0.187. The maximum Gasteiger partial charge on any atom is 0.255 e. The van der Waals surface area contributed by atoms with Gasteiger partial charge in [-0.25, -0.2) is 4.98 Å². The lowest BCUT2D eigenvalue weighted by Crippen LogP contribution is -2.25. The van der Waals surface area contributed by atoms with Crippen molar-refractivity contribution in [1.29, 1.82) is 0 Å². The Morgan fingerprint density at radius 3 is 3.00 bits per heavy atom. The molecule has 0 aliphatic heterocycles. The number of aromatic nitrogens is 1. The minimum Gasteiger partial charge on any atom is -0.385 e. The number of nitrogens with one attached hydrogen (secondary N) is 1. The van der Waals surface area contributed by atoms with Crippen LogP contribution < -0.4 is 11.1 Å². The minimum atomic E-state index is -0.187. The molecular weight excluding hydrogens is 298 g/mol. The number of methoxy groups -OCH3 is 1. The van der Waals surface area contributed by atoms with Crippen LogP contribution in [-0.2, 0) is 4.74 Å². The highest BCUT2D eigenvalue weighted by Crippen LogP contribution is 2.15. The summed E-state index contributed by atoms with van der Waals surface area (Å²) >= 11 is 3.26. The van der Waals surface area contributed by atoms with E-state index in [0.717, 1.165) is 30.3 Å². The molecule has 1 amide bonds. The molecule has 0 atom stereocenters. The van der Waals surface area contributed by atoms with Gasteiger partial charge in [0, 0.05) is 30.9 Å². The molecule has 1 rings (SSSR count). The topological polar surface area (TPSA) is 77.2 Å². The zero-order valence-corrected chi connectivity index (χ0v) is 12.0. The van der Waals surface area contributed by atoms with E-state index in [2.05, 4.69) is 26.2 Å². The maximum absolute atomic E-state index is 11.8. The van der Waals surface area contributed by atoms with Gasteiger partial charge in [-0.2, -0.15) is 0 Å². The number of carbonyl (C=O) groups is 1. The Balaban J connectivity index is 2.34. The smallest absolute Gasteiger partial charge is 0.255 e. The molecule has 0 aliphatic rings. The summed E-state index contributed by atoms with van der Waals surface area (Å²) in [6, 6.07) is 1.67. The van der Waals surface area contributed by atoms with Gasteiger partial charge in [0.2, 0.25) is 0 Å². The zero-order chi connectivity index (χ0) is 13.4. The summed E-state index contributed by atoms with van der Waals surface area (Å²) in [6.07, 6.45) is 4.53. The fraction of sp³-hybridized carbons (Fsp3) is 0.500. The van der Waals surface area contributed by atoms with Gasteiger partial charge in [-0.15, -0.1) is 0 Å². The van der Waals surface area contributed by atoms with Crippen molar-refractivity contribution in [3.63, 3.8) is 0 Å². The first kappa shape index (κ1) is 14.9. The van der Waals surface area contributed by atoms with Crippen molar-refractivity contribution in [2.45, 2.75) is 19.3 Å². The highest BCUT2D eigenvalue weighted by molar-refractivity contribution is 9.10. The first-order chi connectivity index (χ1) is 8.65. The van der Waals surface area contributed by atoms with E-state index in [0.29, 0.717) is 12.1 Å². The molecule has 0 saturated heterocycles. The summed E-state index contributed by atoms with van der Waals surface area (Å²) in [5, 5.41) is 2.82. The molecule has 0 unspecified atom stereocenters. The molecule has 0 radical (unpaired) electrons. The van der Waals surface area contributed by atoms with Crippen LogP contribution in [0.25, 0.3) is 0 Å². The standard InChI is InChI=1S/C12H18BrN3O2/c1-18-6-4-2-3-5-15-12(17)10-7-9(13)8-16-11(10)14/h7-8H,2-6H2,1H3,(H2,14,16)(H,15,17). The van der Waals surface area contributed by atoms with Crippen LogP contribution in [0.3, 0.4) is 0 Å². The van der Waals surface area contributed by atoms with Crippen LogP contribution in [0.15, 0.2) is 16.7 Å². The van der Waals surface area contributed by atoms with Crippen molar-refractivity contribution < 1.29 is 9.53 Å². The normalized spacial score (nSPS) is 10.3. The Bertz CT molecular complexity index is 399. The summed E-state index contributed by atoms with van der Waals surface area (Å²) < 4.78 is 5.69. The number of amides is 1. The van der Waals surface area contributed by atoms with E-state index in [1.54, 1.807) is 19.4 Å². The van der Waals surface area contributed by atoms with E-state index in [1.807, 2.05) is 0 Å². The number of anilines is 1. The monoisotopic (exact) mass is 315 g/mol. The number of carbonyl (C=O) groups excluding carboxylic acids is 1. The lowest BCUT2D eigenvalue weighted by atomic mass is 10.2. The Labute approximate surface area is 115 Å². The van der Waals surface area contributed by atoms with E-state index in [9.17, 15) is 4.79 Å². The van der Waals surface area contributed by atoms with Crippen molar-refractivity contribution in [2.75, 3.05) is 26.0 Å². The molecule has 100 valence electrons. The van der Waals surface area contributed by atoms with Crippen LogP contribution in [0.2, 0.25) is 0 Å². The van der Waals surface area contributed by atoms with Crippen molar-refractivity contribution >= 4 is 27.7 Å². The molecule has 0 spiro atoms. The van der Waals surface area contributed by atoms with Crippen molar-refractivity contribution in [3.8, 4) is 0 Å². The first-order valence-corrected chi connectivity index (χ1v) is 6.62. The molecule has 3 N–H and O–H groups in total. The fourth-order valence-electron chi connectivity index (χ4n) is 1.48. The van der Waals surface area contributed by atoms with Gasteiger partial charge >= 0.3 is 0 Å². The van der Waals surface area contributed by atoms with E-state index in [-0.39, 0.29) is 11.7 Å². The van der Waals surface area contributed by atoms with Gasteiger partial charge in [0.1, 0.15) is 5.82 Å². The van der Waals surface area contributed by atoms with Gasteiger partial charge < -0.3 is 15.8 Å². The van der Waals surface area contributed by atoms with E-state index < -0.39 is 0 Å². The number of pyridine rings is 1. The van der Waals surface area contributed by atoms with Crippen LogP contribution in [0, 0.1) is 0 Å². The average molecular weight is 316 g/mol. The third kappa shape index (κ3) is 5.01. The number of hydrogen-bond donors (Lipinski definition) is 2. The Hall–Kier alpha value is -1.14. The number of ether oxygens (including phenoxy) is 1. The van der Waals surface area contributed by atoms with Gasteiger partial charge in [0.15, 0.2) is 0 Å². The summed E-state index contributed by atoms with van der Waals surface area (Å²) in [4.78, 5) is 15.8. The SMILES string of the molecule is COCCCCCNC(=O)c1cc(Br)cnc1N. The molecule has 0 bridgehead atoms. The quantitative estimate of drug-likeness (QED) is 0.754. The Morgan fingerprint density at radius 2 is 2.28 bits per heavy atom. The van der Waals surface area contributed by atoms with Crippen molar-refractivity contribution in [3.05, 3.63) is 22.3 Å². The third-order valence-corrected chi connectivity index (χ3v) is 2.87. The summed E-state index contributed by atoms with van der Waals surface area (Å²) in [7, 11) is 1.69. The second-order valence-corrected chi connectivity index (χ2v) is 4.81. The molecule has 0 saturated carbocycles. The van der Waals surface area contributed by atoms with E-state index >= 15 is 0 Å². The van der Waals surface area contributed by atoms with Crippen molar-refractivity contribution in [2.24, 2.45) is 0 Å². The number of nitrogens with two attached hydrogens (primary N) is 1. The molecule has 1 heterocycles. The predicted octanol–water partition coefficient (Wildman–Crippen LogP) is 1.97. The molecule has 0 fully saturated rings. The van der Waals surface area contributed by atoms with Crippen LogP contribution in [0.5, 0.6) is 0 Å². The van der Waals surface area contributed by atoms with Gasteiger partial charge in [0.25, 0.3) is 5.91 Å². The summed E-state index contributed by atoms with van der Waals surface area (Å²) in [5.41, 5.74) is 6.05. The molecule has 5 nitrogen and oxygen atoms in total. The molecular formula is C12H18BrN3O2. The number of hydrogen-bond acceptors (Lipinski definition) is 4. The van der Waals surface area contributed by atoms with Crippen molar-refractivity contribution in [1.82, 2.24) is 10.3 Å². The number of unbranched alkanes of at least 4 members (excludes halogenated alkanes) is 2. The van der Waals surface area contributed by atoms with E-state index in [4.69, 9.17) is 10.5 Å². The maximum atomic E-state index is 11.8. The predicted molar refractivity (Wildman–Crippen MR) is 74.4 cm³/mol. The molecule has 6 heteroatoms. The Kier molecular flexibility index (Phi) is 6.67. The second kappa shape index (κ2) is 8.05. The van der Waals surface area contributed by atoms with E-state index in [1.165, 1.54) is 0 Å².